The number of pyridine rings is 1. The zero-order valence-corrected chi connectivity index (χ0v) is 14.4. The summed E-state index contributed by atoms with van der Waals surface area (Å²) < 4.78 is 1.62. The molecular weight excluding hydrogens is 340 g/mol. The SMILES string of the molecule is CCCCc1ccc(-n2nnnc2Sc2ccc([N+](=O)[O-])cn2)cc1. The third kappa shape index (κ3) is 4.18. The molecule has 0 spiro atoms. The van der Waals surface area contributed by atoms with Crippen LogP contribution in [0, 0.1) is 10.1 Å². The maximum absolute atomic E-state index is 10.7. The summed E-state index contributed by atoms with van der Waals surface area (Å²) in [6.45, 7) is 2.17. The molecule has 0 amide bonds. The van der Waals surface area contributed by atoms with E-state index in [4.69, 9.17) is 0 Å². The van der Waals surface area contributed by atoms with Gasteiger partial charge < -0.3 is 0 Å². The summed E-state index contributed by atoms with van der Waals surface area (Å²) in [6, 6.07) is 11.1. The molecule has 0 radical (unpaired) electrons. The predicted molar refractivity (Wildman–Crippen MR) is 92.8 cm³/mol. The van der Waals surface area contributed by atoms with Crippen LogP contribution in [0.3, 0.4) is 0 Å². The van der Waals surface area contributed by atoms with Gasteiger partial charge in [-0.1, -0.05) is 25.5 Å². The van der Waals surface area contributed by atoms with Crippen molar-refractivity contribution in [2.75, 3.05) is 0 Å². The highest BCUT2D eigenvalue weighted by Crippen LogP contribution is 2.26. The van der Waals surface area contributed by atoms with Crippen molar-refractivity contribution in [1.29, 1.82) is 0 Å². The Hall–Kier alpha value is -2.81. The van der Waals surface area contributed by atoms with E-state index in [1.165, 1.54) is 29.6 Å². The number of aryl methyl sites for hydroxylation is 1. The van der Waals surface area contributed by atoms with Crippen molar-refractivity contribution in [3.8, 4) is 5.69 Å². The summed E-state index contributed by atoms with van der Waals surface area (Å²) in [6.07, 6.45) is 4.61. The van der Waals surface area contributed by atoms with Crippen molar-refractivity contribution in [1.82, 2.24) is 25.2 Å². The third-order valence-corrected chi connectivity index (χ3v) is 4.46. The Morgan fingerprint density at radius 3 is 2.64 bits per heavy atom. The zero-order chi connectivity index (χ0) is 17.6. The molecule has 9 heteroatoms. The van der Waals surface area contributed by atoms with E-state index >= 15 is 0 Å². The molecule has 0 aliphatic rings. The first-order valence-corrected chi connectivity index (χ1v) is 8.65. The van der Waals surface area contributed by atoms with Crippen molar-refractivity contribution < 1.29 is 4.92 Å². The minimum atomic E-state index is -0.481. The van der Waals surface area contributed by atoms with Crippen molar-refractivity contribution in [3.05, 3.63) is 58.3 Å². The Morgan fingerprint density at radius 2 is 2.00 bits per heavy atom. The normalized spacial score (nSPS) is 10.8. The van der Waals surface area contributed by atoms with Gasteiger partial charge >= 0.3 is 0 Å². The van der Waals surface area contributed by atoms with Gasteiger partial charge in [-0.25, -0.2) is 4.98 Å². The molecule has 0 aliphatic carbocycles. The average molecular weight is 356 g/mol. The molecule has 3 aromatic rings. The molecule has 0 fully saturated rings. The van der Waals surface area contributed by atoms with Gasteiger partial charge in [-0.15, -0.1) is 5.10 Å². The fraction of sp³-hybridized carbons (Fsp3) is 0.250. The molecule has 2 aromatic heterocycles. The molecule has 0 N–H and O–H groups in total. The van der Waals surface area contributed by atoms with Gasteiger partial charge in [0, 0.05) is 6.07 Å². The van der Waals surface area contributed by atoms with Crippen molar-refractivity contribution >= 4 is 17.4 Å². The van der Waals surface area contributed by atoms with E-state index in [1.807, 2.05) is 12.1 Å². The number of hydrogen-bond acceptors (Lipinski definition) is 7. The quantitative estimate of drug-likeness (QED) is 0.472. The highest BCUT2D eigenvalue weighted by molar-refractivity contribution is 7.99. The van der Waals surface area contributed by atoms with Gasteiger partial charge in [-0.05, 0) is 58.8 Å². The van der Waals surface area contributed by atoms with E-state index in [0.717, 1.165) is 24.9 Å². The lowest BCUT2D eigenvalue weighted by Gasteiger charge is -2.05. The standard InChI is InChI=1S/C16H16N6O2S/c1-2-3-4-12-5-7-13(8-6-12)21-16(18-19-20-21)25-15-10-9-14(11-17-15)22(23)24/h5-11H,2-4H2,1H3. The van der Waals surface area contributed by atoms with Gasteiger partial charge in [0.05, 0.1) is 10.6 Å². The Bertz CT molecular complexity index is 848. The van der Waals surface area contributed by atoms with Crippen LogP contribution in [0.15, 0.2) is 52.8 Å². The first-order valence-electron chi connectivity index (χ1n) is 7.83. The highest BCUT2D eigenvalue weighted by Gasteiger charge is 2.12. The lowest BCUT2D eigenvalue weighted by Crippen LogP contribution is -1.99. The smallest absolute Gasteiger partial charge is 0.258 e. The van der Waals surface area contributed by atoms with Crippen LogP contribution >= 0.6 is 11.8 Å². The maximum Gasteiger partial charge on any atom is 0.287 e. The molecule has 0 saturated heterocycles. The van der Waals surface area contributed by atoms with Crippen LogP contribution in [-0.4, -0.2) is 30.1 Å². The zero-order valence-electron chi connectivity index (χ0n) is 13.6. The van der Waals surface area contributed by atoms with Crippen molar-refractivity contribution in [2.45, 2.75) is 36.4 Å². The Kier molecular flexibility index (Phi) is 5.34. The molecule has 2 heterocycles. The van der Waals surface area contributed by atoms with Crippen LogP contribution in [-0.2, 0) is 6.42 Å². The summed E-state index contributed by atoms with van der Waals surface area (Å²) in [4.78, 5) is 14.3. The minimum absolute atomic E-state index is 0.0494. The molecule has 0 atom stereocenters. The van der Waals surface area contributed by atoms with Crippen LogP contribution in [0.1, 0.15) is 25.3 Å². The summed E-state index contributed by atoms with van der Waals surface area (Å²) in [7, 11) is 0. The minimum Gasteiger partial charge on any atom is -0.258 e. The molecule has 3 rings (SSSR count). The van der Waals surface area contributed by atoms with Crippen LogP contribution in [0.5, 0.6) is 0 Å². The van der Waals surface area contributed by atoms with Crippen LogP contribution in [0.2, 0.25) is 0 Å². The molecule has 0 saturated carbocycles. The van der Waals surface area contributed by atoms with E-state index in [-0.39, 0.29) is 5.69 Å². The van der Waals surface area contributed by atoms with Crippen LogP contribution < -0.4 is 0 Å². The second-order valence-electron chi connectivity index (χ2n) is 5.36. The lowest BCUT2D eigenvalue weighted by atomic mass is 10.1. The fourth-order valence-electron chi connectivity index (χ4n) is 2.22. The summed E-state index contributed by atoms with van der Waals surface area (Å²) in [5.41, 5.74) is 2.09. The maximum atomic E-state index is 10.7. The summed E-state index contributed by atoms with van der Waals surface area (Å²) in [5, 5.41) is 23.6. The second kappa shape index (κ2) is 7.84. The van der Waals surface area contributed by atoms with Gasteiger partial charge in [-0.2, -0.15) is 4.68 Å². The molecule has 0 aliphatic heterocycles. The van der Waals surface area contributed by atoms with Gasteiger partial charge in [0.15, 0.2) is 0 Å². The lowest BCUT2D eigenvalue weighted by molar-refractivity contribution is -0.385. The molecule has 0 bridgehead atoms. The molecule has 8 nitrogen and oxygen atoms in total. The number of tetrazole rings is 1. The third-order valence-electron chi connectivity index (χ3n) is 3.57. The Balaban J connectivity index is 1.77. The average Bonchev–Trinajstić information content (AvgIpc) is 3.09. The number of unbranched alkanes of at least 4 members (excludes halogenated alkanes) is 1. The van der Waals surface area contributed by atoms with Gasteiger partial charge in [0.25, 0.3) is 5.69 Å². The van der Waals surface area contributed by atoms with Gasteiger partial charge in [-0.3, -0.25) is 10.1 Å². The number of nitro groups is 1. The number of benzene rings is 1. The fourth-order valence-corrected chi connectivity index (χ4v) is 2.96. The molecule has 0 unspecified atom stereocenters. The van der Waals surface area contributed by atoms with E-state index in [1.54, 1.807) is 10.7 Å². The highest BCUT2D eigenvalue weighted by atomic mass is 32.2. The molecule has 1 aromatic carbocycles. The summed E-state index contributed by atoms with van der Waals surface area (Å²) >= 11 is 1.25. The largest absolute Gasteiger partial charge is 0.287 e. The van der Waals surface area contributed by atoms with Crippen LogP contribution in [0.4, 0.5) is 5.69 Å². The number of aromatic nitrogens is 5. The van der Waals surface area contributed by atoms with E-state index in [2.05, 4.69) is 39.6 Å². The van der Waals surface area contributed by atoms with E-state index in [9.17, 15) is 10.1 Å². The van der Waals surface area contributed by atoms with E-state index < -0.39 is 4.92 Å². The van der Waals surface area contributed by atoms with Crippen molar-refractivity contribution in [2.24, 2.45) is 0 Å². The first-order chi connectivity index (χ1) is 12.2. The monoisotopic (exact) mass is 356 g/mol. The predicted octanol–water partition coefficient (Wildman–Crippen LogP) is 3.46. The molecular formula is C16H16N6O2S. The molecule has 25 heavy (non-hydrogen) atoms. The van der Waals surface area contributed by atoms with Crippen LogP contribution in [0.25, 0.3) is 5.69 Å². The summed E-state index contributed by atoms with van der Waals surface area (Å²) in [5.74, 6) is 0. The van der Waals surface area contributed by atoms with E-state index in [0.29, 0.717) is 10.2 Å². The first kappa shape index (κ1) is 17.0. The number of rotatable bonds is 7. The second-order valence-corrected chi connectivity index (χ2v) is 6.34. The Morgan fingerprint density at radius 1 is 1.20 bits per heavy atom. The number of nitrogens with zero attached hydrogens (tertiary/aromatic N) is 6. The van der Waals surface area contributed by atoms with Gasteiger partial charge in [0.1, 0.15) is 11.2 Å². The molecule has 128 valence electrons. The number of hydrogen-bond donors (Lipinski definition) is 0. The topological polar surface area (TPSA) is 99.6 Å². The van der Waals surface area contributed by atoms with Crippen molar-refractivity contribution in [3.63, 3.8) is 0 Å². The van der Waals surface area contributed by atoms with Gasteiger partial charge in [0.2, 0.25) is 5.16 Å². The Labute approximate surface area is 148 Å².